The summed E-state index contributed by atoms with van der Waals surface area (Å²) in [5.41, 5.74) is 1.22. The standard InChI is InChI=1S/C14H16ClNO3/c1-3-4-5-6-7-11-8-10(2)12(14(15)17)9-13(11)16(18)19/h6-9H,3-5H2,1-2H3/b7-6+. The molecule has 0 heterocycles. The fourth-order valence-electron chi connectivity index (χ4n) is 1.75. The van der Waals surface area contributed by atoms with Crippen molar-refractivity contribution in [3.05, 3.63) is 45.0 Å². The maximum absolute atomic E-state index is 11.2. The molecule has 1 aromatic carbocycles. The van der Waals surface area contributed by atoms with Gasteiger partial charge in [-0.3, -0.25) is 14.9 Å². The monoisotopic (exact) mass is 281 g/mol. The predicted octanol–water partition coefficient (Wildman–Crippen LogP) is 4.49. The van der Waals surface area contributed by atoms with Crippen LogP contribution in [0.3, 0.4) is 0 Å². The van der Waals surface area contributed by atoms with Gasteiger partial charge in [0.15, 0.2) is 0 Å². The lowest BCUT2D eigenvalue weighted by Gasteiger charge is -2.04. The first-order valence-corrected chi connectivity index (χ1v) is 6.50. The van der Waals surface area contributed by atoms with Crippen LogP contribution < -0.4 is 0 Å². The predicted molar refractivity (Wildman–Crippen MR) is 76.6 cm³/mol. The molecule has 1 rings (SSSR count). The molecular formula is C14H16ClNO3. The van der Waals surface area contributed by atoms with E-state index in [9.17, 15) is 14.9 Å². The number of nitrogens with zero attached hydrogens (tertiary/aromatic N) is 1. The number of halogens is 1. The molecule has 0 aromatic heterocycles. The van der Waals surface area contributed by atoms with E-state index in [1.54, 1.807) is 19.1 Å². The van der Waals surface area contributed by atoms with Gasteiger partial charge in [-0.25, -0.2) is 0 Å². The second-order valence-corrected chi connectivity index (χ2v) is 4.64. The Morgan fingerprint density at radius 2 is 2.16 bits per heavy atom. The van der Waals surface area contributed by atoms with Gasteiger partial charge in [-0.05, 0) is 36.6 Å². The van der Waals surface area contributed by atoms with Crippen LogP contribution in [0.4, 0.5) is 5.69 Å². The summed E-state index contributed by atoms with van der Waals surface area (Å²) in [5.74, 6) is 0. The molecule has 0 unspecified atom stereocenters. The van der Waals surface area contributed by atoms with Crippen LogP contribution in [0.5, 0.6) is 0 Å². The second-order valence-electron chi connectivity index (χ2n) is 4.30. The molecule has 0 saturated carbocycles. The number of carbonyl (C=O) groups is 1. The lowest BCUT2D eigenvalue weighted by Crippen LogP contribution is -1.99. The highest BCUT2D eigenvalue weighted by Crippen LogP contribution is 2.26. The minimum absolute atomic E-state index is 0.0950. The van der Waals surface area contributed by atoms with E-state index < -0.39 is 10.2 Å². The molecule has 0 aliphatic carbocycles. The Balaban J connectivity index is 3.16. The number of benzene rings is 1. The van der Waals surface area contributed by atoms with Crippen molar-refractivity contribution < 1.29 is 9.72 Å². The Hall–Kier alpha value is -1.68. The number of nitro benzene ring substituents is 1. The van der Waals surface area contributed by atoms with E-state index >= 15 is 0 Å². The zero-order valence-electron chi connectivity index (χ0n) is 11.0. The molecule has 0 saturated heterocycles. The average Bonchev–Trinajstić information content (AvgIpc) is 2.33. The SMILES string of the molecule is CCCC/C=C/c1cc(C)c(C(=O)Cl)cc1[N+](=O)[O-]. The third kappa shape index (κ3) is 4.17. The van der Waals surface area contributed by atoms with Crippen LogP contribution in [0.25, 0.3) is 6.08 Å². The third-order valence-electron chi connectivity index (χ3n) is 2.80. The Bertz CT molecular complexity index is 524. The molecule has 0 bridgehead atoms. The van der Waals surface area contributed by atoms with E-state index in [2.05, 4.69) is 6.92 Å². The van der Waals surface area contributed by atoms with Crippen molar-refractivity contribution in [1.29, 1.82) is 0 Å². The zero-order valence-corrected chi connectivity index (χ0v) is 11.7. The fourth-order valence-corrected chi connectivity index (χ4v) is 1.96. The largest absolute Gasteiger partial charge is 0.277 e. The Labute approximate surface area is 117 Å². The van der Waals surface area contributed by atoms with E-state index in [1.165, 1.54) is 6.07 Å². The van der Waals surface area contributed by atoms with Crippen LogP contribution in [0.2, 0.25) is 0 Å². The summed E-state index contributed by atoms with van der Waals surface area (Å²) in [6, 6.07) is 2.86. The molecule has 0 radical (unpaired) electrons. The van der Waals surface area contributed by atoms with Gasteiger partial charge in [-0.2, -0.15) is 0 Å². The van der Waals surface area contributed by atoms with Gasteiger partial charge in [0, 0.05) is 11.6 Å². The molecule has 0 aliphatic heterocycles. The second kappa shape index (κ2) is 7.04. The van der Waals surface area contributed by atoms with Crippen molar-refractivity contribution in [2.24, 2.45) is 0 Å². The van der Waals surface area contributed by atoms with E-state index in [-0.39, 0.29) is 11.3 Å². The van der Waals surface area contributed by atoms with Crippen molar-refractivity contribution in [2.75, 3.05) is 0 Å². The van der Waals surface area contributed by atoms with Crippen molar-refractivity contribution >= 4 is 28.6 Å². The molecule has 0 atom stereocenters. The summed E-state index contributed by atoms with van der Waals surface area (Å²) in [6.07, 6.45) is 6.63. The maximum Gasteiger partial charge on any atom is 0.277 e. The van der Waals surface area contributed by atoms with Gasteiger partial charge in [0.2, 0.25) is 0 Å². The first-order valence-electron chi connectivity index (χ1n) is 6.12. The van der Waals surface area contributed by atoms with E-state index in [0.29, 0.717) is 11.1 Å². The third-order valence-corrected chi connectivity index (χ3v) is 3.01. The van der Waals surface area contributed by atoms with E-state index in [4.69, 9.17) is 11.6 Å². The van der Waals surface area contributed by atoms with Crippen molar-refractivity contribution in [3.63, 3.8) is 0 Å². The molecule has 102 valence electrons. The molecule has 19 heavy (non-hydrogen) atoms. The quantitative estimate of drug-likeness (QED) is 0.334. The summed E-state index contributed by atoms with van der Waals surface area (Å²) >= 11 is 5.40. The summed E-state index contributed by atoms with van der Waals surface area (Å²) in [5, 5.41) is 10.3. The molecule has 0 amide bonds. The van der Waals surface area contributed by atoms with Gasteiger partial charge in [0.1, 0.15) is 0 Å². The lowest BCUT2D eigenvalue weighted by molar-refractivity contribution is -0.385. The number of nitro groups is 1. The van der Waals surface area contributed by atoms with Crippen molar-refractivity contribution in [3.8, 4) is 0 Å². The molecule has 0 aliphatic rings. The average molecular weight is 282 g/mol. The van der Waals surface area contributed by atoms with Crippen molar-refractivity contribution in [1.82, 2.24) is 0 Å². The summed E-state index contributed by atoms with van der Waals surface area (Å²) in [4.78, 5) is 21.7. The Morgan fingerprint density at radius 3 is 2.68 bits per heavy atom. The van der Waals surface area contributed by atoms with Crippen LogP contribution in [-0.4, -0.2) is 10.2 Å². The van der Waals surface area contributed by atoms with Gasteiger partial charge >= 0.3 is 0 Å². The number of hydrogen-bond donors (Lipinski definition) is 0. The van der Waals surface area contributed by atoms with Gasteiger partial charge < -0.3 is 0 Å². The number of aryl methyl sites for hydroxylation is 1. The number of unbranched alkanes of at least 4 members (excludes halogenated alkanes) is 2. The summed E-state index contributed by atoms with van der Waals surface area (Å²) in [7, 11) is 0. The number of hydrogen-bond acceptors (Lipinski definition) is 3. The van der Waals surface area contributed by atoms with Gasteiger partial charge in [-0.1, -0.05) is 31.9 Å². The number of carbonyl (C=O) groups excluding carboxylic acids is 1. The first kappa shape index (κ1) is 15.4. The summed E-state index contributed by atoms with van der Waals surface area (Å²) in [6.45, 7) is 3.80. The van der Waals surface area contributed by atoms with Gasteiger partial charge in [0.25, 0.3) is 10.9 Å². The maximum atomic E-state index is 11.2. The highest BCUT2D eigenvalue weighted by molar-refractivity contribution is 6.68. The Morgan fingerprint density at radius 1 is 1.47 bits per heavy atom. The van der Waals surface area contributed by atoms with E-state index in [0.717, 1.165) is 19.3 Å². The highest BCUT2D eigenvalue weighted by atomic mass is 35.5. The van der Waals surface area contributed by atoms with E-state index in [1.807, 2.05) is 6.08 Å². The number of rotatable bonds is 6. The molecule has 1 aromatic rings. The van der Waals surface area contributed by atoms with Gasteiger partial charge in [-0.15, -0.1) is 0 Å². The molecule has 0 fully saturated rings. The van der Waals surface area contributed by atoms with Crippen LogP contribution in [-0.2, 0) is 0 Å². The molecule has 0 spiro atoms. The van der Waals surface area contributed by atoms with Gasteiger partial charge in [0.05, 0.1) is 10.5 Å². The molecule has 5 heteroatoms. The normalized spacial score (nSPS) is 10.9. The zero-order chi connectivity index (χ0) is 14.4. The topological polar surface area (TPSA) is 60.2 Å². The first-order chi connectivity index (χ1) is 8.97. The highest BCUT2D eigenvalue weighted by Gasteiger charge is 2.17. The van der Waals surface area contributed by atoms with Crippen LogP contribution in [0.1, 0.15) is 47.7 Å². The lowest BCUT2D eigenvalue weighted by atomic mass is 10.0. The Kier molecular flexibility index (Phi) is 5.70. The van der Waals surface area contributed by atoms with Crippen molar-refractivity contribution in [2.45, 2.75) is 33.1 Å². The minimum atomic E-state index is -0.679. The summed E-state index contributed by atoms with van der Waals surface area (Å²) < 4.78 is 0. The smallest absolute Gasteiger partial charge is 0.276 e. The molecule has 4 nitrogen and oxygen atoms in total. The molecular weight excluding hydrogens is 266 g/mol. The fraction of sp³-hybridized carbons (Fsp3) is 0.357. The number of allylic oxidation sites excluding steroid dienone is 1. The van der Waals surface area contributed by atoms with Crippen LogP contribution >= 0.6 is 11.6 Å². The van der Waals surface area contributed by atoms with Crippen LogP contribution in [0.15, 0.2) is 18.2 Å². The molecule has 0 N–H and O–H groups in total. The van der Waals surface area contributed by atoms with Crippen LogP contribution in [0, 0.1) is 17.0 Å². The minimum Gasteiger partial charge on any atom is -0.276 e.